The van der Waals surface area contributed by atoms with Crippen LogP contribution in [0.1, 0.15) is 44.9 Å². The van der Waals surface area contributed by atoms with Crippen LogP contribution in [0.25, 0.3) is 0 Å². The lowest BCUT2D eigenvalue weighted by molar-refractivity contribution is 0.167. The fraction of sp³-hybridized carbons (Fsp3) is 0.545. The van der Waals surface area contributed by atoms with E-state index < -0.39 is 0 Å². The lowest BCUT2D eigenvalue weighted by Gasteiger charge is -2.07. The monoisotopic (exact) mass is 197 g/mol. The van der Waals surface area contributed by atoms with Crippen LogP contribution in [0.15, 0.2) is 16.9 Å². The van der Waals surface area contributed by atoms with Crippen LogP contribution in [-0.4, -0.2) is 9.94 Å². The molecule has 1 heterocycles. The molecule has 0 saturated carbocycles. The summed E-state index contributed by atoms with van der Waals surface area (Å²) in [6.45, 7) is 9.53. The van der Waals surface area contributed by atoms with Crippen LogP contribution in [0.4, 0.5) is 0 Å². The summed E-state index contributed by atoms with van der Waals surface area (Å²) >= 11 is 0. The molecule has 0 bridgehead atoms. The molecule has 0 aliphatic heterocycles. The highest BCUT2D eigenvalue weighted by Crippen LogP contribution is 2.08. The SMILES string of the molecule is CC.Cc1ccc(C(C)C)c(=O)n1O. The predicted octanol–water partition coefficient (Wildman–Crippen LogP) is 2.54. The molecule has 0 atom stereocenters. The average Bonchev–Trinajstić information content (AvgIpc) is 2.17. The molecule has 1 rings (SSSR count). The Kier molecular flexibility index (Phi) is 4.99. The number of hydrogen-bond donors (Lipinski definition) is 1. The number of aromatic nitrogens is 1. The highest BCUT2D eigenvalue weighted by atomic mass is 16.5. The van der Waals surface area contributed by atoms with Crippen LogP contribution in [0, 0.1) is 6.92 Å². The van der Waals surface area contributed by atoms with Gasteiger partial charge in [0.2, 0.25) is 0 Å². The van der Waals surface area contributed by atoms with Crippen molar-refractivity contribution < 1.29 is 5.21 Å². The van der Waals surface area contributed by atoms with Crippen LogP contribution in [0.3, 0.4) is 0 Å². The molecule has 0 saturated heterocycles. The van der Waals surface area contributed by atoms with E-state index in [0.29, 0.717) is 16.0 Å². The number of aryl methyl sites for hydroxylation is 1. The molecular formula is C11H19NO2. The molecule has 0 unspecified atom stereocenters. The fourth-order valence-corrected chi connectivity index (χ4v) is 1.07. The van der Waals surface area contributed by atoms with Crippen molar-refractivity contribution in [3.63, 3.8) is 0 Å². The molecule has 0 fully saturated rings. The van der Waals surface area contributed by atoms with Gasteiger partial charge in [-0.25, -0.2) is 0 Å². The summed E-state index contributed by atoms with van der Waals surface area (Å²) < 4.78 is 0.690. The van der Waals surface area contributed by atoms with Gasteiger partial charge in [0.25, 0.3) is 5.56 Å². The Morgan fingerprint density at radius 2 is 1.79 bits per heavy atom. The maximum Gasteiger partial charge on any atom is 0.286 e. The maximum absolute atomic E-state index is 11.3. The molecule has 80 valence electrons. The second-order valence-electron chi connectivity index (χ2n) is 3.20. The van der Waals surface area contributed by atoms with E-state index in [2.05, 4.69) is 0 Å². The zero-order valence-electron chi connectivity index (χ0n) is 9.53. The van der Waals surface area contributed by atoms with Crippen LogP contribution < -0.4 is 5.56 Å². The minimum Gasteiger partial charge on any atom is -0.425 e. The molecule has 1 N–H and O–H groups in total. The molecule has 1 aromatic heterocycles. The van der Waals surface area contributed by atoms with Crippen molar-refractivity contribution in [2.75, 3.05) is 0 Å². The third kappa shape index (κ3) is 2.62. The Morgan fingerprint density at radius 3 is 2.21 bits per heavy atom. The molecule has 0 amide bonds. The van der Waals surface area contributed by atoms with Gasteiger partial charge in [-0.2, -0.15) is 4.73 Å². The number of hydrogen-bond acceptors (Lipinski definition) is 2. The van der Waals surface area contributed by atoms with Crippen molar-refractivity contribution in [2.45, 2.75) is 40.5 Å². The van der Waals surface area contributed by atoms with Gasteiger partial charge in [-0.05, 0) is 18.9 Å². The summed E-state index contributed by atoms with van der Waals surface area (Å²) in [6, 6.07) is 3.49. The molecule has 3 nitrogen and oxygen atoms in total. The van der Waals surface area contributed by atoms with Crippen molar-refractivity contribution in [2.24, 2.45) is 0 Å². The van der Waals surface area contributed by atoms with Gasteiger partial charge in [0.05, 0.1) is 5.69 Å². The molecule has 1 aromatic rings. The van der Waals surface area contributed by atoms with E-state index in [0.717, 1.165) is 0 Å². The van der Waals surface area contributed by atoms with E-state index in [9.17, 15) is 10.0 Å². The van der Waals surface area contributed by atoms with Crippen molar-refractivity contribution in [3.8, 4) is 0 Å². The molecule has 14 heavy (non-hydrogen) atoms. The van der Waals surface area contributed by atoms with Gasteiger partial charge in [0.1, 0.15) is 0 Å². The summed E-state index contributed by atoms with van der Waals surface area (Å²) in [7, 11) is 0. The first kappa shape index (κ1) is 12.8. The molecule has 0 aliphatic carbocycles. The van der Waals surface area contributed by atoms with Gasteiger partial charge in [0, 0.05) is 5.56 Å². The van der Waals surface area contributed by atoms with Gasteiger partial charge in [-0.15, -0.1) is 0 Å². The standard InChI is InChI=1S/C9H13NO2.C2H6/c1-6(2)8-5-4-7(3)10(12)9(8)11;1-2/h4-6,12H,1-3H3;1-2H3. The first-order valence-corrected chi connectivity index (χ1v) is 4.96. The van der Waals surface area contributed by atoms with Gasteiger partial charge in [-0.1, -0.05) is 33.8 Å². The van der Waals surface area contributed by atoms with Crippen LogP contribution in [0.5, 0.6) is 0 Å². The number of pyridine rings is 1. The highest BCUT2D eigenvalue weighted by molar-refractivity contribution is 5.17. The topological polar surface area (TPSA) is 42.2 Å². The molecule has 0 aliphatic rings. The summed E-state index contributed by atoms with van der Waals surface area (Å²) in [6.07, 6.45) is 0. The first-order chi connectivity index (χ1) is 6.54. The Bertz CT molecular complexity index is 340. The Morgan fingerprint density at radius 1 is 1.29 bits per heavy atom. The van der Waals surface area contributed by atoms with Gasteiger partial charge in [-0.3, -0.25) is 4.79 Å². The van der Waals surface area contributed by atoms with E-state index in [-0.39, 0.29) is 11.5 Å². The summed E-state index contributed by atoms with van der Waals surface area (Å²) in [5.74, 6) is 0.150. The smallest absolute Gasteiger partial charge is 0.286 e. The summed E-state index contributed by atoms with van der Waals surface area (Å²) in [5.41, 5.74) is 0.887. The highest BCUT2D eigenvalue weighted by Gasteiger charge is 2.07. The second-order valence-corrected chi connectivity index (χ2v) is 3.20. The molecule has 0 radical (unpaired) electrons. The third-order valence-electron chi connectivity index (χ3n) is 1.90. The quantitative estimate of drug-likeness (QED) is 0.703. The molecular weight excluding hydrogens is 178 g/mol. The minimum atomic E-state index is -0.315. The zero-order valence-corrected chi connectivity index (χ0v) is 9.53. The molecule has 3 heteroatoms. The van der Waals surface area contributed by atoms with Crippen LogP contribution in [0.2, 0.25) is 0 Å². The summed E-state index contributed by atoms with van der Waals surface area (Å²) in [5, 5.41) is 9.24. The largest absolute Gasteiger partial charge is 0.425 e. The molecule has 0 aromatic carbocycles. The van der Waals surface area contributed by atoms with Crippen LogP contribution >= 0.6 is 0 Å². The van der Waals surface area contributed by atoms with E-state index >= 15 is 0 Å². The van der Waals surface area contributed by atoms with Crippen LogP contribution in [-0.2, 0) is 0 Å². The fourth-order valence-electron chi connectivity index (χ4n) is 1.07. The summed E-state index contributed by atoms with van der Waals surface area (Å²) in [4.78, 5) is 11.3. The first-order valence-electron chi connectivity index (χ1n) is 4.96. The van der Waals surface area contributed by atoms with Crippen molar-refractivity contribution >= 4 is 0 Å². The van der Waals surface area contributed by atoms with Crippen molar-refractivity contribution in [1.82, 2.24) is 4.73 Å². The average molecular weight is 197 g/mol. The van der Waals surface area contributed by atoms with E-state index in [1.165, 1.54) is 0 Å². The normalized spacial score (nSPS) is 9.57. The van der Waals surface area contributed by atoms with Gasteiger partial charge < -0.3 is 5.21 Å². The Hall–Kier alpha value is -1.25. The van der Waals surface area contributed by atoms with Gasteiger partial charge in [0.15, 0.2) is 0 Å². The Balaban J connectivity index is 0.000000791. The van der Waals surface area contributed by atoms with Gasteiger partial charge >= 0.3 is 0 Å². The maximum atomic E-state index is 11.3. The van der Waals surface area contributed by atoms with E-state index in [1.807, 2.05) is 27.7 Å². The number of nitrogens with zero attached hydrogens (tertiary/aromatic N) is 1. The lowest BCUT2D eigenvalue weighted by Crippen LogP contribution is -2.23. The number of rotatable bonds is 1. The zero-order chi connectivity index (χ0) is 11.3. The predicted molar refractivity (Wildman–Crippen MR) is 58.1 cm³/mol. The molecule has 0 spiro atoms. The second kappa shape index (κ2) is 5.47. The Labute approximate surface area is 85.0 Å². The third-order valence-corrected chi connectivity index (χ3v) is 1.90. The minimum absolute atomic E-state index is 0.150. The van der Waals surface area contributed by atoms with E-state index in [1.54, 1.807) is 19.1 Å². The van der Waals surface area contributed by atoms with Crippen molar-refractivity contribution in [1.29, 1.82) is 0 Å². The lowest BCUT2D eigenvalue weighted by atomic mass is 10.1. The van der Waals surface area contributed by atoms with Crippen molar-refractivity contribution in [3.05, 3.63) is 33.7 Å². The van der Waals surface area contributed by atoms with E-state index in [4.69, 9.17) is 0 Å².